The summed E-state index contributed by atoms with van der Waals surface area (Å²) >= 11 is 0. The molecule has 1 N–H and O–H groups in total. The van der Waals surface area contributed by atoms with E-state index >= 15 is 0 Å². The molecular weight excluding hydrogens is 365 g/mol. The molecule has 0 aromatic rings. The van der Waals surface area contributed by atoms with Crippen molar-refractivity contribution in [1.29, 1.82) is 0 Å². The Kier molecular flexibility index (Phi) is 4.44. The largest absolute Gasteiger partial charge is 0.417 e. The van der Waals surface area contributed by atoms with Crippen molar-refractivity contribution < 1.29 is 23.1 Å². The maximum atomic E-state index is 13.4. The van der Waals surface area contributed by atoms with Crippen LogP contribution in [-0.4, -0.2) is 22.7 Å². The lowest BCUT2D eigenvalue weighted by Crippen LogP contribution is -2.61. The van der Waals surface area contributed by atoms with E-state index in [2.05, 4.69) is 20.4 Å². The Labute approximate surface area is 166 Å². The molecule has 0 heterocycles. The summed E-state index contributed by atoms with van der Waals surface area (Å²) in [6.07, 6.45) is -0.648. The van der Waals surface area contributed by atoms with Crippen LogP contribution in [0.1, 0.15) is 72.1 Å². The highest BCUT2D eigenvalue weighted by Gasteiger charge is 2.66. The van der Waals surface area contributed by atoms with Gasteiger partial charge in [-0.05, 0) is 86.4 Å². The molecule has 28 heavy (non-hydrogen) atoms. The van der Waals surface area contributed by atoms with E-state index in [4.69, 9.17) is 0 Å². The zero-order valence-electron chi connectivity index (χ0n) is 17.2. The zero-order chi connectivity index (χ0) is 20.7. The van der Waals surface area contributed by atoms with E-state index in [0.29, 0.717) is 24.7 Å². The lowest BCUT2D eigenvalue weighted by molar-refractivity contribution is -0.288. The van der Waals surface area contributed by atoms with Crippen molar-refractivity contribution in [3.8, 4) is 0 Å². The third kappa shape index (κ3) is 2.60. The molecular formula is C23H33F3O2. The van der Waals surface area contributed by atoms with Crippen molar-refractivity contribution in [3.63, 3.8) is 0 Å². The average molecular weight is 399 g/mol. The molecule has 0 saturated heterocycles. The third-order valence-electron chi connectivity index (χ3n) is 9.53. The van der Waals surface area contributed by atoms with Crippen molar-refractivity contribution in [1.82, 2.24) is 0 Å². The van der Waals surface area contributed by atoms with Gasteiger partial charge < -0.3 is 5.11 Å². The van der Waals surface area contributed by atoms with E-state index < -0.39 is 17.2 Å². The Hall–Kier alpha value is -0.840. The molecule has 158 valence electrons. The molecule has 0 radical (unpaired) electrons. The van der Waals surface area contributed by atoms with Crippen LogP contribution in [0.4, 0.5) is 13.2 Å². The molecule has 2 nitrogen and oxygen atoms in total. The first-order valence-corrected chi connectivity index (χ1v) is 10.8. The molecule has 4 saturated carbocycles. The fourth-order valence-electron chi connectivity index (χ4n) is 8.13. The lowest BCUT2D eigenvalue weighted by Gasteiger charge is -2.61. The lowest BCUT2D eigenvalue weighted by atomic mass is 9.43. The SMILES string of the molecule is C=C(C)[C@H]1CC[C@H]2[C@@H]3CC[C@@H]4C[C@](O)(C(F)(F)F)CC[C@]4(C)[C@H]3C(=O)C[C@]12C. The monoisotopic (exact) mass is 398 g/mol. The first-order valence-electron chi connectivity index (χ1n) is 10.8. The fraction of sp³-hybridized carbons (Fsp3) is 0.870. The number of carbonyl (C=O) groups excluding carboxylic acids is 1. The van der Waals surface area contributed by atoms with Crippen LogP contribution in [0, 0.1) is 40.4 Å². The normalized spacial score (nSPS) is 51.2. The average Bonchev–Trinajstić information content (AvgIpc) is 2.91. The van der Waals surface area contributed by atoms with Crippen molar-refractivity contribution in [3.05, 3.63) is 12.2 Å². The van der Waals surface area contributed by atoms with E-state index in [1.54, 1.807) is 0 Å². The summed E-state index contributed by atoms with van der Waals surface area (Å²) < 4.78 is 40.3. The molecule has 0 aliphatic heterocycles. The molecule has 5 heteroatoms. The summed E-state index contributed by atoms with van der Waals surface area (Å²) in [7, 11) is 0. The Balaban J connectivity index is 1.65. The quantitative estimate of drug-likeness (QED) is 0.576. The summed E-state index contributed by atoms with van der Waals surface area (Å²) in [5, 5.41) is 10.3. The predicted octanol–water partition coefficient (Wildman–Crippen LogP) is 5.69. The van der Waals surface area contributed by atoms with Crippen molar-refractivity contribution >= 4 is 5.78 Å². The molecule has 8 atom stereocenters. The standard InChI is InChI=1S/C23H33F3O2/c1-13(2)16-7-8-17-15-6-5-14-11-22(28,23(24,25)26)10-9-20(14,3)19(15)18(27)12-21(16,17)4/h14-17,19,28H,1,5-12H2,2-4H3/t14-,15+,16-,17+,19-,20+,21-,22+/m1/s1. The van der Waals surface area contributed by atoms with Crippen LogP contribution < -0.4 is 0 Å². The van der Waals surface area contributed by atoms with Gasteiger partial charge in [0.2, 0.25) is 0 Å². The zero-order valence-corrected chi connectivity index (χ0v) is 17.2. The summed E-state index contributed by atoms with van der Waals surface area (Å²) in [5.74, 6) is 0.968. The van der Waals surface area contributed by atoms with Crippen LogP contribution in [0.2, 0.25) is 0 Å². The van der Waals surface area contributed by atoms with Crippen LogP contribution in [-0.2, 0) is 4.79 Å². The van der Waals surface area contributed by atoms with Crippen molar-refractivity contribution in [2.75, 3.05) is 0 Å². The number of aliphatic hydroxyl groups is 1. The molecule has 0 bridgehead atoms. The van der Waals surface area contributed by atoms with Gasteiger partial charge in [0.25, 0.3) is 0 Å². The molecule has 4 aliphatic carbocycles. The van der Waals surface area contributed by atoms with Crippen LogP contribution in [0.25, 0.3) is 0 Å². The molecule has 0 aromatic heterocycles. The van der Waals surface area contributed by atoms with Crippen LogP contribution in [0.5, 0.6) is 0 Å². The van der Waals surface area contributed by atoms with Gasteiger partial charge in [-0.15, -0.1) is 0 Å². The first kappa shape index (κ1) is 20.4. The maximum absolute atomic E-state index is 13.4. The number of rotatable bonds is 1. The number of allylic oxidation sites excluding steroid dienone is 1. The third-order valence-corrected chi connectivity index (χ3v) is 9.53. The van der Waals surface area contributed by atoms with Gasteiger partial charge in [-0.2, -0.15) is 13.2 Å². The fourth-order valence-corrected chi connectivity index (χ4v) is 8.13. The van der Waals surface area contributed by atoms with Gasteiger partial charge in [0.05, 0.1) is 0 Å². The topological polar surface area (TPSA) is 37.3 Å². The number of Topliss-reactive ketones (excluding diaryl/α,β-unsaturated/α-hetero) is 1. The second-order valence-corrected chi connectivity index (χ2v) is 10.9. The minimum Gasteiger partial charge on any atom is -0.380 e. The van der Waals surface area contributed by atoms with E-state index in [1.165, 1.54) is 0 Å². The van der Waals surface area contributed by atoms with Gasteiger partial charge in [0.15, 0.2) is 5.60 Å². The molecule has 0 spiro atoms. The number of ketones is 1. The van der Waals surface area contributed by atoms with Gasteiger partial charge >= 0.3 is 6.18 Å². The minimum atomic E-state index is -4.60. The van der Waals surface area contributed by atoms with E-state index in [-0.39, 0.29) is 48.2 Å². The van der Waals surface area contributed by atoms with E-state index in [0.717, 1.165) is 24.8 Å². The molecule has 4 aliphatic rings. The highest BCUT2D eigenvalue weighted by atomic mass is 19.4. The summed E-state index contributed by atoms with van der Waals surface area (Å²) in [4.78, 5) is 13.4. The minimum absolute atomic E-state index is 0.0470. The number of halogens is 3. The number of fused-ring (bicyclic) bond motifs is 5. The Morgan fingerprint density at radius 3 is 2.39 bits per heavy atom. The van der Waals surface area contributed by atoms with Gasteiger partial charge in [-0.3, -0.25) is 4.79 Å². The number of carbonyl (C=O) groups is 1. The first-order chi connectivity index (χ1) is 12.8. The van der Waals surface area contributed by atoms with Gasteiger partial charge in [-0.25, -0.2) is 0 Å². The molecule has 0 aromatic carbocycles. The number of hydrogen-bond acceptors (Lipinski definition) is 2. The van der Waals surface area contributed by atoms with Crippen molar-refractivity contribution in [2.45, 2.75) is 83.9 Å². The number of hydrogen-bond donors (Lipinski definition) is 1. The molecule has 0 unspecified atom stereocenters. The Morgan fingerprint density at radius 2 is 1.79 bits per heavy atom. The molecule has 0 amide bonds. The molecule has 4 fully saturated rings. The highest BCUT2D eigenvalue weighted by molar-refractivity contribution is 5.84. The predicted molar refractivity (Wildman–Crippen MR) is 101 cm³/mol. The summed E-state index contributed by atoms with van der Waals surface area (Å²) in [5.41, 5.74) is -1.90. The Bertz CT molecular complexity index is 700. The van der Waals surface area contributed by atoms with Gasteiger partial charge in [0, 0.05) is 12.3 Å². The van der Waals surface area contributed by atoms with Gasteiger partial charge in [0.1, 0.15) is 5.78 Å². The van der Waals surface area contributed by atoms with Crippen molar-refractivity contribution in [2.24, 2.45) is 40.4 Å². The second-order valence-electron chi connectivity index (χ2n) is 10.9. The summed E-state index contributed by atoms with van der Waals surface area (Å²) in [6, 6.07) is 0. The Morgan fingerprint density at radius 1 is 1.11 bits per heavy atom. The smallest absolute Gasteiger partial charge is 0.380 e. The van der Waals surface area contributed by atoms with Crippen LogP contribution >= 0.6 is 0 Å². The second kappa shape index (κ2) is 6.09. The van der Waals surface area contributed by atoms with Gasteiger partial charge in [-0.1, -0.05) is 26.0 Å². The summed E-state index contributed by atoms with van der Waals surface area (Å²) in [6.45, 7) is 10.5. The van der Waals surface area contributed by atoms with Crippen LogP contribution in [0.3, 0.4) is 0 Å². The highest BCUT2D eigenvalue weighted by Crippen LogP contribution is 2.68. The number of alkyl halides is 3. The maximum Gasteiger partial charge on any atom is 0.417 e. The van der Waals surface area contributed by atoms with Crippen LogP contribution in [0.15, 0.2) is 12.2 Å². The van der Waals surface area contributed by atoms with E-state index in [9.17, 15) is 23.1 Å². The molecule has 4 rings (SSSR count). The van der Waals surface area contributed by atoms with E-state index in [1.807, 2.05) is 6.92 Å².